The van der Waals surface area contributed by atoms with Crippen LogP contribution in [0.4, 0.5) is 0 Å². The van der Waals surface area contributed by atoms with Crippen LogP contribution in [0.2, 0.25) is 0 Å². The fourth-order valence-electron chi connectivity index (χ4n) is 3.19. The molecule has 3 rings (SSSR count). The quantitative estimate of drug-likeness (QED) is 0.819. The lowest BCUT2D eigenvalue weighted by Gasteiger charge is -2.31. The van der Waals surface area contributed by atoms with E-state index in [0.717, 1.165) is 53.8 Å². The van der Waals surface area contributed by atoms with Gasteiger partial charge >= 0.3 is 0 Å². The number of hydrogen-bond donors (Lipinski definition) is 1. The number of methoxy groups -OCH3 is 1. The van der Waals surface area contributed by atoms with E-state index in [9.17, 15) is 4.79 Å². The van der Waals surface area contributed by atoms with Crippen molar-refractivity contribution in [2.45, 2.75) is 39.5 Å². The molecule has 7 heteroatoms. The van der Waals surface area contributed by atoms with Crippen molar-refractivity contribution in [3.8, 4) is 0 Å². The van der Waals surface area contributed by atoms with Gasteiger partial charge in [-0.15, -0.1) is 11.3 Å². The Morgan fingerprint density at radius 3 is 3.20 bits per heavy atom. The van der Waals surface area contributed by atoms with E-state index in [2.05, 4.69) is 15.2 Å². The van der Waals surface area contributed by atoms with Crippen LogP contribution in [0.25, 0.3) is 0 Å². The van der Waals surface area contributed by atoms with E-state index in [4.69, 9.17) is 9.15 Å². The summed E-state index contributed by atoms with van der Waals surface area (Å²) in [4.78, 5) is 20.4. The third-order valence-corrected chi connectivity index (χ3v) is 5.59. The summed E-state index contributed by atoms with van der Waals surface area (Å²) in [7, 11) is 1.66. The first-order valence-corrected chi connectivity index (χ1v) is 9.44. The third-order valence-electron chi connectivity index (χ3n) is 4.46. The van der Waals surface area contributed by atoms with Gasteiger partial charge in [-0.2, -0.15) is 0 Å². The summed E-state index contributed by atoms with van der Waals surface area (Å²) < 4.78 is 10.5. The van der Waals surface area contributed by atoms with E-state index in [-0.39, 0.29) is 11.8 Å². The van der Waals surface area contributed by atoms with Gasteiger partial charge in [0, 0.05) is 18.5 Å². The molecule has 136 valence electrons. The number of ether oxygens (including phenoxy) is 1. The van der Waals surface area contributed by atoms with Gasteiger partial charge in [-0.3, -0.25) is 9.69 Å². The summed E-state index contributed by atoms with van der Waals surface area (Å²) in [5.74, 6) is 1.12. The van der Waals surface area contributed by atoms with Crippen LogP contribution >= 0.6 is 11.3 Å². The average Bonchev–Trinajstić information content (AvgIpc) is 3.23. The number of hydrogen-bond acceptors (Lipinski definition) is 6. The van der Waals surface area contributed by atoms with E-state index in [1.54, 1.807) is 24.7 Å². The van der Waals surface area contributed by atoms with Crippen molar-refractivity contribution in [2.24, 2.45) is 5.92 Å². The van der Waals surface area contributed by atoms with Crippen LogP contribution < -0.4 is 5.32 Å². The number of nitrogens with zero attached hydrogens (tertiary/aromatic N) is 2. The molecule has 1 aliphatic heterocycles. The number of furan rings is 1. The van der Waals surface area contributed by atoms with Crippen LogP contribution in [-0.2, 0) is 29.2 Å². The molecule has 6 nitrogen and oxygen atoms in total. The van der Waals surface area contributed by atoms with Crippen molar-refractivity contribution in [3.05, 3.63) is 39.7 Å². The molecular weight excluding hydrogens is 338 g/mol. The highest BCUT2D eigenvalue weighted by Crippen LogP contribution is 2.21. The molecule has 1 N–H and O–H groups in total. The Kier molecular flexibility index (Phi) is 6.23. The molecule has 0 unspecified atom stereocenters. The van der Waals surface area contributed by atoms with Gasteiger partial charge < -0.3 is 14.5 Å². The SMILES string of the molecule is COCc1nc(C)c(CNC(=O)[C@@H]2CCCN(Cc3ccco3)C2)s1. The molecule has 0 spiro atoms. The van der Waals surface area contributed by atoms with Crippen molar-refractivity contribution in [1.29, 1.82) is 0 Å². The predicted octanol–water partition coefficient (Wildman–Crippen LogP) is 2.72. The summed E-state index contributed by atoms with van der Waals surface area (Å²) in [5.41, 5.74) is 0.973. The Labute approximate surface area is 152 Å². The van der Waals surface area contributed by atoms with Crippen LogP contribution in [0.3, 0.4) is 0 Å². The van der Waals surface area contributed by atoms with Gasteiger partial charge in [-0.25, -0.2) is 4.98 Å². The fraction of sp³-hybridized carbons (Fsp3) is 0.556. The molecule has 0 saturated carbocycles. The van der Waals surface area contributed by atoms with E-state index in [1.807, 2.05) is 19.1 Å². The molecule has 0 aromatic carbocycles. The number of rotatable bonds is 7. The number of amides is 1. The fourth-order valence-corrected chi connectivity index (χ4v) is 4.17. The zero-order chi connectivity index (χ0) is 17.6. The van der Waals surface area contributed by atoms with Crippen LogP contribution in [-0.4, -0.2) is 36.0 Å². The Balaban J connectivity index is 1.50. The number of aromatic nitrogens is 1. The monoisotopic (exact) mass is 363 g/mol. The van der Waals surface area contributed by atoms with Gasteiger partial charge in [-0.1, -0.05) is 0 Å². The van der Waals surface area contributed by atoms with E-state index in [0.29, 0.717) is 13.2 Å². The molecule has 2 aromatic heterocycles. The molecule has 0 bridgehead atoms. The second kappa shape index (κ2) is 8.60. The number of piperidine rings is 1. The van der Waals surface area contributed by atoms with Gasteiger partial charge in [0.25, 0.3) is 0 Å². The number of thiazole rings is 1. The maximum atomic E-state index is 12.6. The highest BCUT2D eigenvalue weighted by Gasteiger charge is 2.26. The molecule has 1 fully saturated rings. The van der Waals surface area contributed by atoms with Crippen LogP contribution in [0, 0.1) is 12.8 Å². The number of carbonyl (C=O) groups is 1. The van der Waals surface area contributed by atoms with Crippen molar-refractivity contribution in [1.82, 2.24) is 15.2 Å². The van der Waals surface area contributed by atoms with Crippen molar-refractivity contribution in [2.75, 3.05) is 20.2 Å². The topological polar surface area (TPSA) is 67.6 Å². The minimum atomic E-state index is 0.0374. The van der Waals surface area contributed by atoms with E-state index in [1.165, 1.54) is 0 Å². The molecule has 25 heavy (non-hydrogen) atoms. The normalized spacial score (nSPS) is 18.4. The number of carbonyl (C=O) groups excluding carboxylic acids is 1. The highest BCUT2D eigenvalue weighted by molar-refractivity contribution is 7.11. The minimum Gasteiger partial charge on any atom is -0.468 e. The smallest absolute Gasteiger partial charge is 0.224 e. The van der Waals surface area contributed by atoms with Crippen LogP contribution in [0.15, 0.2) is 22.8 Å². The summed E-state index contributed by atoms with van der Waals surface area (Å²) in [6.45, 7) is 5.60. The second-order valence-corrected chi connectivity index (χ2v) is 7.59. The Morgan fingerprint density at radius 1 is 1.56 bits per heavy atom. The predicted molar refractivity (Wildman–Crippen MR) is 96.1 cm³/mol. The third kappa shape index (κ3) is 4.90. The largest absolute Gasteiger partial charge is 0.468 e. The average molecular weight is 363 g/mol. The Bertz CT molecular complexity index is 684. The summed E-state index contributed by atoms with van der Waals surface area (Å²) >= 11 is 1.60. The van der Waals surface area contributed by atoms with Crippen molar-refractivity contribution in [3.63, 3.8) is 0 Å². The molecule has 1 saturated heterocycles. The first-order chi connectivity index (χ1) is 12.2. The number of likely N-dealkylation sites (tertiary alicyclic amines) is 1. The molecule has 2 aromatic rings. The highest BCUT2D eigenvalue weighted by atomic mass is 32.1. The molecule has 1 atom stereocenters. The number of nitrogens with one attached hydrogen (secondary N) is 1. The van der Waals surface area contributed by atoms with Gasteiger partial charge in [0.05, 0.1) is 37.6 Å². The van der Waals surface area contributed by atoms with Crippen molar-refractivity contribution < 1.29 is 13.9 Å². The van der Waals surface area contributed by atoms with Crippen molar-refractivity contribution >= 4 is 17.2 Å². The molecule has 0 radical (unpaired) electrons. The Hall–Kier alpha value is -1.70. The maximum absolute atomic E-state index is 12.6. The minimum absolute atomic E-state index is 0.0374. The lowest BCUT2D eigenvalue weighted by Crippen LogP contribution is -2.42. The maximum Gasteiger partial charge on any atom is 0.224 e. The molecule has 1 aliphatic rings. The lowest BCUT2D eigenvalue weighted by atomic mass is 9.97. The van der Waals surface area contributed by atoms with Crippen LogP contribution in [0.1, 0.15) is 34.2 Å². The summed E-state index contributed by atoms with van der Waals surface area (Å²) in [5, 5.41) is 4.04. The van der Waals surface area contributed by atoms with E-state index >= 15 is 0 Å². The number of aryl methyl sites for hydroxylation is 1. The zero-order valence-corrected chi connectivity index (χ0v) is 15.6. The molecule has 1 amide bonds. The van der Waals surface area contributed by atoms with Crippen LogP contribution in [0.5, 0.6) is 0 Å². The first-order valence-electron chi connectivity index (χ1n) is 8.62. The van der Waals surface area contributed by atoms with Gasteiger partial charge in [0.1, 0.15) is 10.8 Å². The first kappa shape index (κ1) is 18.1. The molecule has 0 aliphatic carbocycles. The summed E-state index contributed by atoms with van der Waals surface area (Å²) in [6.07, 6.45) is 3.67. The van der Waals surface area contributed by atoms with E-state index < -0.39 is 0 Å². The lowest BCUT2D eigenvalue weighted by molar-refractivity contribution is -0.127. The van der Waals surface area contributed by atoms with Gasteiger partial charge in [0.15, 0.2) is 0 Å². The Morgan fingerprint density at radius 2 is 2.44 bits per heavy atom. The summed E-state index contributed by atoms with van der Waals surface area (Å²) in [6, 6.07) is 3.88. The second-order valence-electron chi connectivity index (χ2n) is 6.42. The molecule has 3 heterocycles. The standard InChI is InChI=1S/C18H25N3O3S/c1-13-16(25-17(20-13)12-23-2)9-19-18(22)14-5-3-7-21(10-14)11-15-6-4-8-24-15/h4,6,8,14H,3,5,7,9-12H2,1-2H3,(H,19,22)/t14-/m1/s1. The van der Waals surface area contributed by atoms with Gasteiger partial charge in [0.2, 0.25) is 5.91 Å². The molecular formula is C18H25N3O3S. The zero-order valence-electron chi connectivity index (χ0n) is 14.8. The van der Waals surface area contributed by atoms with Gasteiger partial charge in [-0.05, 0) is 38.4 Å².